The molecule has 156 valence electrons. The normalized spacial score (nSPS) is 15.4. The fourth-order valence-corrected chi connectivity index (χ4v) is 3.86. The lowest BCUT2D eigenvalue weighted by Gasteiger charge is -2.23. The molecule has 3 heterocycles. The third-order valence-electron chi connectivity index (χ3n) is 5.53. The molecule has 0 fully saturated rings. The molecule has 0 saturated carbocycles. The maximum atomic E-state index is 12.7. The van der Waals surface area contributed by atoms with Crippen molar-refractivity contribution < 1.29 is 4.79 Å². The summed E-state index contributed by atoms with van der Waals surface area (Å²) in [7, 11) is 0. The summed E-state index contributed by atoms with van der Waals surface area (Å²) in [5, 5.41) is 12.1. The van der Waals surface area contributed by atoms with Crippen molar-refractivity contribution in [2.75, 3.05) is 13.1 Å². The van der Waals surface area contributed by atoms with Crippen LogP contribution in [-0.2, 0) is 19.5 Å². The minimum absolute atomic E-state index is 0.176. The molecule has 1 aliphatic heterocycles. The Kier molecular flexibility index (Phi) is 6.18. The number of aromatic nitrogens is 4. The van der Waals surface area contributed by atoms with Crippen LogP contribution in [0.5, 0.6) is 0 Å². The van der Waals surface area contributed by atoms with Crippen LogP contribution in [-0.4, -0.2) is 43.6 Å². The van der Waals surface area contributed by atoms with Crippen LogP contribution < -0.4 is 5.32 Å². The number of nitrogens with one attached hydrogen (secondary N) is 1. The molecule has 30 heavy (non-hydrogen) atoms. The molecular formula is C23H28N6O. The first-order valence-electron chi connectivity index (χ1n) is 10.5. The van der Waals surface area contributed by atoms with Gasteiger partial charge in [0.05, 0.1) is 6.04 Å². The zero-order valence-electron chi connectivity index (χ0n) is 17.5. The first-order valence-corrected chi connectivity index (χ1v) is 10.5. The summed E-state index contributed by atoms with van der Waals surface area (Å²) in [6.45, 7) is 7.78. The van der Waals surface area contributed by atoms with Gasteiger partial charge in [-0.1, -0.05) is 50.2 Å². The lowest BCUT2D eigenvalue weighted by molar-refractivity contribution is 0.0916. The first kappa shape index (κ1) is 20.2. The standard InChI is InChI=1S/C23H28N6O/c1-17(2)21(25-23(30)19-10-6-7-12-24-19)22-27-26-20-11-13-28(14-15-29(20)22)16-18-8-4-3-5-9-18/h3-10,12,17,21H,11,13-16H2,1-2H3,(H,25,30)/t21-/m0/s1. The van der Waals surface area contributed by atoms with Crippen molar-refractivity contribution in [1.29, 1.82) is 0 Å². The van der Waals surface area contributed by atoms with E-state index in [0.29, 0.717) is 5.69 Å². The maximum absolute atomic E-state index is 12.7. The summed E-state index contributed by atoms with van der Waals surface area (Å²) in [6, 6.07) is 15.7. The highest BCUT2D eigenvalue weighted by Crippen LogP contribution is 2.23. The lowest BCUT2D eigenvalue weighted by Crippen LogP contribution is -2.34. The van der Waals surface area contributed by atoms with E-state index < -0.39 is 0 Å². The van der Waals surface area contributed by atoms with Crippen molar-refractivity contribution in [1.82, 2.24) is 30.0 Å². The van der Waals surface area contributed by atoms with Gasteiger partial charge in [-0.15, -0.1) is 10.2 Å². The zero-order valence-corrected chi connectivity index (χ0v) is 17.5. The van der Waals surface area contributed by atoms with Gasteiger partial charge in [-0.05, 0) is 23.6 Å². The fourth-order valence-electron chi connectivity index (χ4n) is 3.86. The minimum Gasteiger partial charge on any atom is -0.340 e. The average Bonchev–Trinajstić information content (AvgIpc) is 3.06. The Bertz CT molecular complexity index is 970. The van der Waals surface area contributed by atoms with E-state index in [2.05, 4.69) is 68.1 Å². The van der Waals surface area contributed by atoms with Crippen LogP contribution in [0.25, 0.3) is 0 Å². The van der Waals surface area contributed by atoms with Gasteiger partial charge < -0.3 is 9.88 Å². The molecular weight excluding hydrogens is 376 g/mol. The average molecular weight is 405 g/mol. The topological polar surface area (TPSA) is 75.9 Å². The Balaban J connectivity index is 1.49. The van der Waals surface area contributed by atoms with E-state index in [1.807, 2.05) is 12.1 Å². The number of carbonyl (C=O) groups excluding carboxylic acids is 1. The van der Waals surface area contributed by atoms with Crippen LogP contribution in [0.1, 0.15) is 47.6 Å². The fraction of sp³-hybridized carbons (Fsp3) is 0.391. The number of carbonyl (C=O) groups is 1. The molecule has 1 N–H and O–H groups in total. The molecule has 1 amide bonds. The zero-order chi connectivity index (χ0) is 20.9. The monoisotopic (exact) mass is 404 g/mol. The number of amides is 1. The van der Waals surface area contributed by atoms with Gasteiger partial charge in [0.15, 0.2) is 5.82 Å². The molecule has 4 rings (SSSR count). The smallest absolute Gasteiger partial charge is 0.270 e. The molecule has 0 aliphatic carbocycles. The van der Waals surface area contributed by atoms with Crippen molar-refractivity contribution >= 4 is 5.91 Å². The minimum atomic E-state index is -0.221. The molecule has 0 bridgehead atoms. The van der Waals surface area contributed by atoms with Gasteiger partial charge >= 0.3 is 0 Å². The number of rotatable bonds is 6. The summed E-state index contributed by atoms with van der Waals surface area (Å²) in [6.07, 6.45) is 2.47. The molecule has 7 nitrogen and oxygen atoms in total. The molecule has 0 spiro atoms. The highest BCUT2D eigenvalue weighted by Gasteiger charge is 2.28. The Morgan fingerprint density at radius 1 is 1.03 bits per heavy atom. The second-order valence-electron chi connectivity index (χ2n) is 8.05. The van der Waals surface area contributed by atoms with E-state index in [1.54, 1.807) is 18.3 Å². The van der Waals surface area contributed by atoms with Gasteiger partial charge in [-0.25, -0.2) is 0 Å². The van der Waals surface area contributed by atoms with Crippen LogP contribution in [0.3, 0.4) is 0 Å². The van der Waals surface area contributed by atoms with Crippen molar-refractivity contribution in [3.63, 3.8) is 0 Å². The number of hydrogen-bond acceptors (Lipinski definition) is 5. The molecule has 3 aromatic rings. The number of benzene rings is 1. The molecule has 7 heteroatoms. The molecule has 0 radical (unpaired) electrons. The van der Waals surface area contributed by atoms with Crippen LogP contribution in [0.2, 0.25) is 0 Å². The van der Waals surface area contributed by atoms with Crippen LogP contribution >= 0.6 is 0 Å². The van der Waals surface area contributed by atoms with Gasteiger partial charge in [-0.3, -0.25) is 14.7 Å². The first-order chi connectivity index (χ1) is 14.6. The van der Waals surface area contributed by atoms with E-state index in [9.17, 15) is 4.79 Å². The van der Waals surface area contributed by atoms with Crippen molar-refractivity contribution in [3.05, 3.63) is 77.6 Å². The number of hydrogen-bond donors (Lipinski definition) is 1. The van der Waals surface area contributed by atoms with Gasteiger partial charge in [0.1, 0.15) is 11.5 Å². The quantitative estimate of drug-likeness (QED) is 0.684. The molecule has 2 aromatic heterocycles. The van der Waals surface area contributed by atoms with Gasteiger partial charge in [0.25, 0.3) is 5.91 Å². The summed E-state index contributed by atoms with van der Waals surface area (Å²) in [5.74, 6) is 1.80. The molecule has 0 unspecified atom stereocenters. The van der Waals surface area contributed by atoms with E-state index >= 15 is 0 Å². The summed E-state index contributed by atoms with van der Waals surface area (Å²) >= 11 is 0. The highest BCUT2D eigenvalue weighted by molar-refractivity contribution is 5.92. The van der Waals surface area contributed by atoms with Gasteiger partial charge in [0, 0.05) is 38.8 Å². The van der Waals surface area contributed by atoms with E-state index in [-0.39, 0.29) is 17.9 Å². The third-order valence-corrected chi connectivity index (χ3v) is 5.53. The largest absolute Gasteiger partial charge is 0.340 e. The van der Waals surface area contributed by atoms with Gasteiger partial charge in [0.2, 0.25) is 0 Å². The van der Waals surface area contributed by atoms with Crippen LogP contribution in [0, 0.1) is 5.92 Å². The van der Waals surface area contributed by atoms with E-state index in [0.717, 1.165) is 44.2 Å². The predicted molar refractivity (Wildman–Crippen MR) is 115 cm³/mol. The summed E-state index contributed by atoms with van der Waals surface area (Å²) in [4.78, 5) is 19.3. The molecule has 1 atom stereocenters. The summed E-state index contributed by atoms with van der Waals surface area (Å²) in [5.41, 5.74) is 1.73. The Labute approximate surface area is 177 Å². The lowest BCUT2D eigenvalue weighted by atomic mass is 10.0. The molecule has 1 aliphatic rings. The number of pyridine rings is 1. The van der Waals surface area contributed by atoms with Crippen molar-refractivity contribution in [2.45, 2.75) is 39.4 Å². The second kappa shape index (κ2) is 9.17. The maximum Gasteiger partial charge on any atom is 0.270 e. The van der Waals surface area contributed by atoms with Gasteiger partial charge in [-0.2, -0.15) is 0 Å². The van der Waals surface area contributed by atoms with Crippen LogP contribution in [0.15, 0.2) is 54.7 Å². The Hall–Kier alpha value is -3.06. The highest BCUT2D eigenvalue weighted by atomic mass is 16.2. The molecule has 1 aromatic carbocycles. The SMILES string of the molecule is CC(C)[C@H](NC(=O)c1ccccn1)c1nnc2n1CCN(Cc1ccccc1)CC2. The van der Waals surface area contributed by atoms with Crippen molar-refractivity contribution in [2.24, 2.45) is 5.92 Å². The van der Waals surface area contributed by atoms with E-state index in [1.165, 1.54) is 5.56 Å². The van der Waals surface area contributed by atoms with Crippen LogP contribution in [0.4, 0.5) is 0 Å². The summed E-state index contributed by atoms with van der Waals surface area (Å²) < 4.78 is 2.19. The number of fused-ring (bicyclic) bond motifs is 1. The third kappa shape index (κ3) is 4.57. The van der Waals surface area contributed by atoms with Crippen molar-refractivity contribution in [3.8, 4) is 0 Å². The second-order valence-corrected chi connectivity index (χ2v) is 8.05. The number of nitrogens with zero attached hydrogens (tertiary/aromatic N) is 5. The molecule has 0 saturated heterocycles. The predicted octanol–water partition coefficient (Wildman–Crippen LogP) is 2.86. The Morgan fingerprint density at radius 2 is 1.83 bits per heavy atom. The Morgan fingerprint density at radius 3 is 2.57 bits per heavy atom. The van der Waals surface area contributed by atoms with E-state index in [4.69, 9.17) is 0 Å².